The number of likely N-dealkylation sites (N-methyl/N-ethyl adjacent to an activating group) is 1. The minimum absolute atomic E-state index is 0.0233. The van der Waals surface area contributed by atoms with E-state index in [1.807, 2.05) is 4.90 Å². The summed E-state index contributed by atoms with van der Waals surface area (Å²) in [5, 5.41) is 8.99. The molecule has 1 aliphatic heterocycles. The van der Waals surface area contributed by atoms with Crippen LogP contribution in [0.25, 0.3) is 0 Å². The van der Waals surface area contributed by atoms with Crippen LogP contribution >= 0.6 is 0 Å². The maximum absolute atomic E-state index is 12.2. The molecule has 17 heavy (non-hydrogen) atoms. The molecule has 0 aromatic carbocycles. The largest absolute Gasteiger partial charge is 0.390 e. The average Bonchev–Trinajstić information content (AvgIpc) is 2.39. The molecular weight excluding hydrogens is 218 g/mol. The van der Waals surface area contributed by atoms with Gasteiger partial charge in [0.1, 0.15) is 0 Å². The normalized spacial score (nSPS) is 17.2. The van der Waals surface area contributed by atoms with Crippen molar-refractivity contribution in [1.82, 2.24) is 14.8 Å². The van der Waals surface area contributed by atoms with Crippen molar-refractivity contribution in [2.24, 2.45) is 0 Å². The summed E-state index contributed by atoms with van der Waals surface area (Å²) in [6.07, 6.45) is 1.56. The maximum atomic E-state index is 12.2. The number of aromatic nitrogens is 1. The van der Waals surface area contributed by atoms with Crippen molar-refractivity contribution in [2.45, 2.75) is 6.61 Å². The predicted octanol–water partition coefficient (Wildman–Crippen LogP) is -0.0385. The number of amides is 1. The van der Waals surface area contributed by atoms with Crippen LogP contribution in [-0.2, 0) is 6.61 Å². The third kappa shape index (κ3) is 2.81. The number of aliphatic hydroxyl groups excluding tert-OH is 1. The first-order valence-corrected chi connectivity index (χ1v) is 5.74. The molecule has 1 fully saturated rings. The monoisotopic (exact) mass is 235 g/mol. The molecule has 0 atom stereocenters. The zero-order chi connectivity index (χ0) is 12.3. The summed E-state index contributed by atoms with van der Waals surface area (Å²) in [5.41, 5.74) is 1.14. The van der Waals surface area contributed by atoms with Gasteiger partial charge in [-0.05, 0) is 19.2 Å². The van der Waals surface area contributed by atoms with Gasteiger partial charge in [-0.3, -0.25) is 9.78 Å². The maximum Gasteiger partial charge on any atom is 0.254 e. The van der Waals surface area contributed by atoms with Gasteiger partial charge in [0, 0.05) is 37.9 Å². The van der Waals surface area contributed by atoms with E-state index in [1.54, 1.807) is 18.3 Å². The Morgan fingerprint density at radius 3 is 2.76 bits per heavy atom. The number of hydrogen-bond acceptors (Lipinski definition) is 4. The van der Waals surface area contributed by atoms with E-state index in [0.717, 1.165) is 26.2 Å². The van der Waals surface area contributed by atoms with Gasteiger partial charge >= 0.3 is 0 Å². The lowest BCUT2D eigenvalue weighted by Gasteiger charge is -2.32. The number of rotatable bonds is 2. The van der Waals surface area contributed by atoms with E-state index >= 15 is 0 Å². The third-order valence-electron chi connectivity index (χ3n) is 3.02. The SMILES string of the molecule is CN1CCN(C(=O)c2ccnc(CO)c2)CC1. The van der Waals surface area contributed by atoms with Crippen molar-refractivity contribution in [3.63, 3.8) is 0 Å². The first-order chi connectivity index (χ1) is 8.20. The Labute approximate surface area is 101 Å². The molecule has 1 aromatic heterocycles. The van der Waals surface area contributed by atoms with E-state index in [-0.39, 0.29) is 12.5 Å². The smallest absolute Gasteiger partial charge is 0.254 e. The van der Waals surface area contributed by atoms with Gasteiger partial charge < -0.3 is 14.9 Å². The molecule has 0 radical (unpaired) electrons. The fourth-order valence-electron chi connectivity index (χ4n) is 1.89. The summed E-state index contributed by atoms with van der Waals surface area (Å²) >= 11 is 0. The van der Waals surface area contributed by atoms with Gasteiger partial charge in [0.05, 0.1) is 12.3 Å². The lowest BCUT2D eigenvalue weighted by atomic mass is 10.2. The van der Waals surface area contributed by atoms with Crippen molar-refractivity contribution in [2.75, 3.05) is 33.2 Å². The molecule has 0 aliphatic carbocycles. The molecule has 1 N–H and O–H groups in total. The quantitative estimate of drug-likeness (QED) is 0.781. The highest BCUT2D eigenvalue weighted by Gasteiger charge is 2.20. The summed E-state index contributed by atoms with van der Waals surface area (Å²) in [7, 11) is 2.05. The van der Waals surface area contributed by atoms with Gasteiger partial charge in [0.25, 0.3) is 5.91 Å². The van der Waals surface area contributed by atoms with Crippen LogP contribution in [0, 0.1) is 0 Å². The van der Waals surface area contributed by atoms with Crippen molar-refractivity contribution < 1.29 is 9.90 Å². The topological polar surface area (TPSA) is 56.7 Å². The molecule has 5 heteroatoms. The molecule has 1 saturated heterocycles. The van der Waals surface area contributed by atoms with E-state index in [9.17, 15) is 4.79 Å². The van der Waals surface area contributed by atoms with Crippen LogP contribution in [0.2, 0.25) is 0 Å². The summed E-state index contributed by atoms with van der Waals surface area (Å²) in [4.78, 5) is 20.2. The van der Waals surface area contributed by atoms with Gasteiger partial charge in [0.15, 0.2) is 0 Å². The highest BCUT2D eigenvalue weighted by atomic mass is 16.3. The molecule has 0 unspecified atom stereocenters. The second-order valence-electron chi connectivity index (χ2n) is 4.29. The molecule has 0 spiro atoms. The Morgan fingerprint density at radius 2 is 2.12 bits per heavy atom. The highest BCUT2D eigenvalue weighted by Crippen LogP contribution is 2.09. The molecule has 0 bridgehead atoms. The minimum atomic E-state index is -0.135. The van der Waals surface area contributed by atoms with Crippen molar-refractivity contribution in [3.05, 3.63) is 29.6 Å². The van der Waals surface area contributed by atoms with E-state index in [2.05, 4.69) is 16.9 Å². The molecule has 5 nitrogen and oxygen atoms in total. The predicted molar refractivity (Wildman–Crippen MR) is 63.6 cm³/mol. The van der Waals surface area contributed by atoms with E-state index in [4.69, 9.17) is 5.11 Å². The number of piperazine rings is 1. The molecule has 0 saturated carbocycles. The van der Waals surface area contributed by atoms with E-state index < -0.39 is 0 Å². The summed E-state index contributed by atoms with van der Waals surface area (Å²) in [5.74, 6) is 0.0233. The number of pyridine rings is 1. The Hall–Kier alpha value is -1.46. The van der Waals surface area contributed by atoms with E-state index in [1.165, 1.54) is 0 Å². The number of hydrogen-bond donors (Lipinski definition) is 1. The fourth-order valence-corrected chi connectivity index (χ4v) is 1.89. The van der Waals surface area contributed by atoms with E-state index in [0.29, 0.717) is 11.3 Å². The Kier molecular flexibility index (Phi) is 3.71. The Balaban J connectivity index is 2.08. The van der Waals surface area contributed by atoms with Gasteiger partial charge in [-0.1, -0.05) is 0 Å². The number of aliphatic hydroxyl groups is 1. The summed E-state index contributed by atoms with van der Waals surface area (Å²) < 4.78 is 0. The van der Waals surface area contributed by atoms with Crippen LogP contribution in [0.1, 0.15) is 16.1 Å². The van der Waals surface area contributed by atoms with Crippen molar-refractivity contribution in [3.8, 4) is 0 Å². The molecule has 1 amide bonds. The van der Waals surface area contributed by atoms with Crippen molar-refractivity contribution >= 4 is 5.91 Å². The van der Waals surface area contributed by atoms with Gasteiger partial charge in [-0.25, -0.2) is 0 Å². The number of carbonyl (C=O) groups excluding carboxylic acids is 1. The second kappa shape index (κ2) is 5.25. The van der Waals surface area contributed by atoms with Crippen molar-refractivity contribution in [1.29, 1.82) is 0 Å². The standard InChI is InChI=1S/C12H17N3O2/c1-14-4-6-15(7-5-14)12(17)10-2-3-13-11(8-10)9-16/h2-3,8,16H,4-7,9H2,1H3. The van der Waals surface area contributed by atoms with Crippen LogP contribution in [0.4, 0.5) is 0 Å². The lowest BCUT2D eigenvalue weighted by Crippen LogP contribution is -2.47. The van der Waals surface area contributed by atoms with Gasteiger partial charge in [0.2, 0.25) is 0 Å². The van der Waals surface area contributed by atoms with Gasteiger partial charge in [-0.15, -0.1) is 0 Å². The van der Waals surface area contributed by atoms with Crippen LogP contribution < -0.4 is 0 Å². The highest BCUT2D eigenvalue weighted by molar-refractivity contribution is 5.94. The molecular formula is C12H17N3O2. The minimum Gasteiger partial charge on any atom is -0.390 e. The Bertz CT molecular complexity index is 400. The third-order valence-corrected chi connectivity index (χ3v) is 3.02. The van der Waals surface area contributed by atoms with Gasteiger partial charge in [-0.2, -0.15) is 0 Å². The molecule has 92 valence electrons. The lowest BCUT2D eigenvalue weighted by molar-refractivity contribution is 0.0664. The molecule has 1 aliphatic rings. The van der Waals surface area contributed by atoms with Crippen LogP contribution in [0.5, 0.6) is 0 Å². The van der Waals surface area contributed by atoms with Crippen LogP contribution in [-0.4, -0.2) is 59.0 Å². The molecule has 2 rings (SSSR count). The Morgan fingerprint density at radius 1 is 1.41 bits per heavy atom. The summed E-state index contributed by atoms with van der Waals surface area (Å²) in [6.45, 7) is 3.19. The van der Waals surface area contributed by atoms with Crippen LogP contribution in [0.3, 0.4) is 0 Å². The first-order valence-electron chi connectivity index (χ1n) is 5.74. The zero-order valence-electron chi connectivity index (χ0n) is 9.96. The number of carbonyl (C=O) groups is 1. The van der Waals surface area contributed by atoms with Crippen LogP contribution in [0.15, 0.2) is 18.3 Å². The fraction of sp³-hybridized carbons (Fsp3) is 0.500. The zero-order valence-corrected chi connectivity index (χ0v) is 9.96. The second-order valence-corrected chi connectivity index (χ2v) is 4.29. The number of nitrogens with zero attached hydrogens (tertiary/aromatic N) is 3. The molecule has 1 aromatic rings. The first kappa shape index (κ1) is 12.0. The molecule has 2 heterocycles. The summed E-state index contributed by atoms with van der Waals surface area (Å²) in [6, 6.07) is 3.35. The average molecular weight is 235 g/mol.